The summed E-state index contributed by atoms with van der Waals surface area (Å²) in [6.45, 7) is 10.9. The minimum Gasteiger partial charge on any atom is -0.381 e. The van der Waals surface area contributed by atoms with Crippen molar-refractivity contribution in [1.29, 1.82) is 0 Å². The molecule has 80 valence electrons. The van der Waals surface area contributed by atoms with Crippen LogP contribution in [-0.4, -0.2) is 13.2 Å². The van der Waals surface area contributed by atoms with Crippen LogP contribution in [0, 0.1) is 11.8 Å². The highest BCUT2D eigenvalue weighted by molar-refractivity contribution is 4.55. The average molecular weight is 186 g/mol. The van der Waals surface area contributed by atoms with Gasteiger partial charge in [-0.1, -0.05) is 47.0 Å². The second kappa shape index (κ2) is 8.55. The van der Waals surface area contributed by atoms with Crippen molar-refractivity contribution in [1.82, 2.24) is 0 Å². The van der Waals surface area contributed by atoms with Crippen LogP contribution in [0.2, 0.25) is 0 Å². The van der Waals surface area contributed by atoms with E-state index < -0.39 is 0 Å². The quantitative estimate of drug-likeness (QED) is 0.559. The van der Waals surface area contributed by atoms with Crippen molar-refractivity contribution in [2.45, 2.75) is 53.4 Å². The van der Waals surface area contributed by atoms with E-state index in [0.717, 1.165) is 25.0 Å². The maximum absolute atomic E-state index is 5.69. The molecule has 0 heterocycles. The van der Waals surface area contributed by atoms with E-state index in [0.29, 0.717) is 0 Å². The fourth-order valence-corrected chi connectivity index (χ4v) is 1.37. The molecular weight excluding hydrogens is 160 g/mol. The van der Waals surface area contributed by atoms with Gasteiger partial charge in [-0.15, -0.1) is 0 Å². The molecule has 0 aromatic rings. The molecule has 0 fully saturated rings. The minimum atomic E-state index is 0.721. The summed E-state index contributed by atoms with van der Waals surface area (Å²) >= 11 is 0. The first-order valence-electron chi connectivity index (χ1n) is 5.82. The SMILES string of the molecule is CCCC(CC)COCC(C)CC. The smallest absolute Gasteiger partial charge is 0.0494 e. The predicted octanol–water partition coefficient (Wildman–Crippen LogP) is 3.88. The van der Waals surface area contributed by atoms with Gasteiger partial charge < -0.3 is 4.74 Å². The Morgan fingerprint density at radius 3 is 2.15 bits per heavy atom. The number of rotatable bonds is 8. The van der Waals surface area contributed by atoms with E-state index in [1.54, 1.807) is 0 Å². The molecule has 0 amide bonds. The van der Waals surface area contributed by atoms with E-state index in [2.05, 4.69) is 27.7 Å². The molecule has 2 atom stereocenters. The standard InChI is InChI=1S/C12H26O/c1-5-8-12(7-3)10-13-9-11(4)6-2/h11-12H,5-10H2,1-4H3. The third-order valence-corrected chi connectivity index (χ3v) is 2.73. The Morgan fingerprint density at radius 1 is 1.00 bits per heavy atom. The van der Waals surface area contributed by atoms with E-state index in [1.807, 2.05) is 0 Å². The van der Waals surface area contributed by atoms with E-state index in [1.165, 1.54) is 25.7 Å². The Balaban J connectivity index is 3.37. The lowest BCUT2D eigenvalue weighted by atomic mass is 10.0. The van der Waals surface area contributed by atoms with Gasteiger partial charge in [0.25, 0.3) is 0 Å². The van der Waals surface area contributed by atoms with Crippen molar-refractivity contribution in [3.8, 4) is 0 Å². The van der Waals surface area contributed by atoms with Gasteiger partial charge in [-0.2, -0.15) is 0 Å². The molecule has 0 aromatic heterocycles. The van der Waals surface area contributed by atoms with Gasteiger partial charge in [0.2, 0.25) is 0 Å². The van der Waals surface area contributed by atoms with Crippen LogP contribution in [0.25, 0.3) is 0 Å². The molecule has 0 radical (unpaired) electrons. The third-order valence-electron chi connectivity index (χ3n) is 2.73. The van der Waals surface area contributed by atoms with Crippen LogP contribution in [0.15, 0.2) is 0 Å². The largest absolute Gasteiger partial charge is 0.381 e. The van der Waals surface area contributed by atoms with Gasteiger partial charge in [-0.05, 0) is 18.3 Å². The highest BCUT2D eigenvalue weighted by Crippen LogP contribution is 2.12. The van der Waals surface area contributed by atoms with Crippen LogP contribution in [0.1, 0.15) is 53.4 Å². The highest BCUT2D eigenvalue weighted by atomic mass is 16.5. The number of hydrogen-bond donors (Lipinski definition) is 0. The lowest BCUT2D eigenvalue weighted by Gasteiger charge is -2.15. The van der Waals surface area contributed by atoms with Crippen molar-refractivity contribution >= 4 is 0 Å². The second-order valence-corrected chi connectivity index (χ2v) is 4.11. The van der Waals surface area contributed by atoms with Gasteiger partial charge in [-0.25, -0.2) is 0 Å². The summed E-state index contributed by atoms with van der Waals surface area (Å²) in [5.41, 5.74) is 0. The van der Waals surface area contributed by atoms with E-state index in [4.69, 9.17) is 4.74 Å². The summed E-state index contributed by atoms with van der Waals surface area (Å²) in [6.07, 6.45) is 5.08. The number of ether oxygens (including phenoxy) is 1. The Morgan fingerprint density at radius 2 is 1.69 bits per heavy atom. The predicted molar refractivity (Wildman–Crippen MR) is 59.0 cm³/mol. The van der Waals surface area contributed by atoms with Crippen LogP contribution in [0.3, 0.4) is 0 Å². The minimum absolute atomic E-state index is 0.721. The fourth-order valence-electron chi connectivity index (χ4n) is 1.37. The normalized spacial score (nSPS) is 15.7. The molecule has 2 unspecified atom stereocenters. The third kappa shape index (κ3) is 7.06. The van der Waals surface area contributed by atoms with Gasteiger partial charge in [0.15, 0.2) is 0 Å². The Bertz CT molecular complexity index is 101. The molecule has 0 aliphatic heterocycles. The summed E-state index contributed by atoms with van der Waals surface area (Å²) < 4.78 is 5.69. The zero-order chi connectivity index (χ0) is 10.1. The van der Waals surface area contributed by atoms with Gasteiger partial charge in [0, 0.05) is 13.2 Å². The van der Waals surface area contributed by atoms with Crippen LogP contribution in [0.5, 0.6) is 0 Å². The molecule has 1 heteroatoms. The lowest BCUT2D eigenvalue weighted by Crippen LogP contribution is -2.12. The van der Waals surface area contributed by atoms with Crippen LogP contribution >= 0.6 is 0 Å². The molecule has 0 bridgehead atoms. The van der Waals surface area contributed by atoms with Crippen molar-refractivity contribution in [3.63, 3.8) is 0 Å². The molecule has 0 aliphatic rings. The monoisotopic (exact) mass is 186 g/mol. The first kappa shape index (κ1) is 13.0. The van der Waals surface area contributed by atoms with Crippen molar-refractivity contribution in [2.24, 2.45) is 11.8 Å². The zero-order valence-corrected chi connectivity index (χ0v) is 9.81. The molecule has 0 saturated carbocycles. The molecule has 0 N–H and O–H groups in total. The Kier molecular flexibility index (Phi) is 8.53. The summed E-state index contributed by atoms with van der Waals surface area (Å²) in [7, 11) is 0. The topological polar surface area (TPSA) is 9.23 Å². The first-order chi connectivity index (χ1) is 6.24. The Hall–Kier alpha value is -0.0400. The molecule has 0 saturated heterocycles. The van der Waals surface area contributed by atoms with E-state index in [9.17, 15) is 0 Å². The Labute approximate surface area is 83.9 Å². The fraction of sp³-hybridized carbons (Fsp3) is 1.00. The second-order valence-electron chi connectivity index (χ2n) is 4.11. The summed E-state index contributed by atoms with van der Waals surface area (Å²) in [6, 6.07) is 0. The molecule has 1 nitrogen and oxygen atoms in total. The van der Waals surface area contributed by atoms with E-state index in [-0.39, 0.29) is 0 Å². The summed E-state index contributed by atoms with van der Waals surface area (Å²) in [5.74, 6) is 1.51. The number of hydrogen-bond acceptors (Lipinski definition) is 1. The molecule has 0 aliphatic carbocycles. The maximum atomic E-state index is 5.69. The highest BCUT2D eigenvalue weighted by Gasteiger charge is 2.06. The van der Waals surface area contributed by atoms with Gasteiger partial charge in [0.1, 0.15) is 0 Å². The van der Waals surface area contributed by atoms with E-state index >= 15 is 0 Å². The van der Waals surface area contributed by atoms with Gasteiger partial charge in [0.05, 0.1) is 0 Å². The van der Waals surface area contributed by atoms with Crippen molar-refractivity contribution < 1.29 is 4.74 Å². The summed E-state index contributed by atoms with van der Waals surface area (Å²) in [5, 5.41) is 0. The van der Waals surface area contributed by atoms with Gasteiger partial charge >= 0.3 is 0 Å². The van der Waals surface area contributed by atoms with Crippen LogP contribution in [0.4, 0.5) is 0 Å². The summed E-state index contributed by atoms with van der Waals surface area (Å²) in [4.78, 5) is 0. The lowest BCUT2D eigenvalue weighted by molar-refractivity contribution is 0.0706. The molecule has 0 spiro atoms. The molecule has 0 aromatic carbocycles. The average Bonchev–Trinajstić information content (AvgIpc) is 2.16. The first-order valence-corrected chi connectivity index (χ1v) is 5.82. The zero-order valence-electron chi connectivity index (χ0n) is 9.81. The van der Waals surface area contributed by atoms with Gasteiger partial charge in [-0.3, -0.25) is 0 Å². The van der Waals surface area contributed by atoms with Crippen LogP contribution in [-0.2, 0) is 4.74 Å². The maximum Gasteiger partial charge on any atom is 0.0494 e. The molecule has 13 heavy (non-hydrogen) atoms. The van der Waals surface area contributed by atoms with Crippen molar-refractivity contribution in [3.05, 3.63) is 0 Å². The van der Waals surface area contributed by atoms with Crippen LogP contribution < -0.4 is 0 Å². The van der Waals surface area contributed by atoms with Crippen molar-refractivity contribution in [2.75, 3.05) is 13.2 Å². The molecule has 0 rings (SSSR count). The molecular formula is C12H26O.